The van der Waals surface area contributed by atoms with Gasteiger partial charge in [-0.25, -0.2) is 0 Å². The summed E-state index contributed by atoms with van der Waals surface area (Å²) in [4.78, 5) is 11.7. The van der Waals surface area contributed by atoms with Crippen LogP contribution >= 0.6 is 0 Å². The summed E-state index contributed by atoms with van der Waals surface area (Å²) in [6, 6.07) is 8.57. The smallest absolute Gasteiger partial charge is 0.325 e. The van der Waals surface area contributed by atoms with Gasteiger partial charge in [-0.15, -0.1) is 0 Å². The van der Waals surface area contributed by atoms with Gasteiger partial charge in [-0.1, -0.05) is 32.0 Å². The minimum Gasteiger partial charge on any atom is -0.465 e. The van der Waals surface area contributed by atoms with Gasteiger partial charge in [0.05, 0.1) is 6.61 Å². The molecule has 2 aromatic rings. The quantitative estimate of drug-likeness (QED) is 0.824. The van der Waals surface area contributed by atoms with Crippen molar-refractivity contribution >= 4 is 16.9 Å². The topological polar surface area (TPSA) is 43.3 Å². The van der Waals surface area contributed by atoms with Crippen LogP contribution in [0, 0.1) is 0 Å². The van der Waals surface area contributed by atoms with Crippen LogP contribution in [-0.4, -0.2) is 23.2 Å². The predicted molar refractivity (Wildman–Crippen MR) is 80.5 cm³/mol. The van der Waals surface area contributed by atoms with Crippen molar-refractivity contribution in [1.82, 2.24) is 9.88 Å². The highest BCUT2D eigenvalue weighted by atomic mass is 16.5. The first-order chi connectivity index (χ1) is 9.61. The van der Waals surface area contributed by atoms with Crippen LogP contribution in [0.5, 0.6) is 0 Å². The molecule has 0 unspecified atom stereocenters. The molecule has 2 rings (SSSR count). The molecule has 0 atom stereocenters. The van der Waals surface area contributed by atoms with Crippen LogP contribution in [0.15, 0.2) is 30.5 Å². The van der Waals surface area contributed by atoms with E-state index in [0.29, 0.717) is 12.6 Å². The summed E-state index contributed by atoms with van der Waals surface area (Å²) in [5.74, 6) is -0.198. The highest BCUT2D eigenvalue weighted by Gasteiger charge is 2.11. The number of hydrogen-bond acceptors (Lipinski definition) is 3. The van der Waals surface area contributed by atoms with Crippen molar-refractivity contribution in [1.29, 1.82) is 0 Å². The largest absolute Gasteiger partial charge is 0.465 e. The average molecular weight is 274 g/mol. The van der Waals surface area contributed by atoms with Crippen LogP contribution in [0.4, 0.5) is 0 Å². The van der Waals surface area contributed by atoms with Crippen LogP contribution in [0.2, 0.25) is 0 Å². The molecule has 0 spiro atoms. The molecule has 1 heterocycles. The van der Waals surface area contributed by atoms with Gasteiger partial charge in [0.25, 0.3) is 0 Å². The van der Waals surface area contributed by atoms with E-state index in [1.54, 1.807) is 0 Å². The van der Waals surface area contributed by atoms with E-state index in [1.807, 2.05) is 35.9 Å². The summed E-state index contributed by atoms with van der Waals surface area (Å²) >= 11 is 0. The SMILES string of the molecule is CCOC(=O)Cn1cc(CNC(C)C)c2ccccc21. The van der Waals surface area contributed by atoms with E-state index in [-0.39, 0.29) is 12.5 Å². The highest BCUT2D eigenvalue weighted by molar-refractivity contribution is 5.85. The minimum atomic E-state index is -0.198. The van der Waals surface area contributed by atoms with Crippen LogP contribution < -0.4 is 5.32 Å². The molecule has 1 N–H and O–H groups in total. The maximum atomic E-state index is 11.7. The van der Waals surface area contributed by atoms with Crippen LogP contribution in [0.1, 0.15) is 26.3 Å². The lowest BCUT2D eigenvalue weighted by molar-refractivity contribution is -0.143. The third kappa shape index (κ3) is 3.39. The number of ether oxygens (including phenoxy) is 1. The summed E-state index contributed by atoms with van der Waals surface area (Å²) < 4.78 is 6.99. The van der Waals surface area contributed by atoms with E-state index in [2.05, 4.69) is 25.2 Å². The van der Waals surface area contributed by atoms with E-state index in [0.717, 1.165) is 12.1 Å². The molecule has 108 valence electrons. The predicted octanol–water partition coefficient (Wildman–Crippen LogP) is 2.70. The van der Waals surface area contributed by atoms with Crippen LogP contribution in [-0.2, 0) is 22.6 Å². The zero-order valence-corrected chi connectivity index (χ0v) is 12.3. The molecule has 0 bridgehead atoms. The Morgan fingerprint density at radius 2 is 2.10 bits per heavy atom. The summed E-state index contributed by atoms with van der Waals surface area (Å²) in [5.41, 5.74) is 2.28. The molecule has 0 amide bonds. The molecule has 0 fully saturated rings. The Hall–Kier alpha value is -1.81. The molecule has 1 aromatic carbocycles. The van der Waals surface area contributed by atoms with Gasteiger partial charge >= 0.3 is 5.97 Å². The average Bonchev–Trinajstić information content (AvgIpc) is 2.75. The Morgan fingerprint density at radius 1 is 1.35 bits per heavy atom. The number of esters is 1. The second-order valence-electron chi connectivity index (χ2n) is 5.14. The summed E-state index contributed by atoms with van der Waals surface area (Å²) in [7, 11) is 0. The third-order valence-corrected chi connectivity index (χ3v) is 3.18. The van der Waals surface area contributed by atoms with Gasteiger partial charge in [0, 0.05) is 29.7 Å². The van der Waals surface area contributed by atoms with Crippen molar-refractivity contribution in [3.05, 3.63) is 36.0 Å². The molecule has 1 aromatic heterocycles. The van der Waals surface area contributed by atoms with E-state index >= 15 is 0 Å². The Bertz CT molecular complexity index is 587. The molecule has 20 heavy (non-hydrogen) atoms. The number of nitrogens with zero attached hydrogens (tertiary/aromatic N) is 1. The molecule has 0 aliphatic carbocycles. The summed E-state index contributed by atoms with van der Waals surface area (Å²) in [6.45, 7) is 7.54. The van der Waals surface area contributed by atoms with Crippen molar-refractivity contribution < 1.29 is 9.53 Å². The van der Waals surface area contributed by atoms with Gasteiger partial charge in [0.15, 0.2) is 0 Å². The minimum absolute atomic E-state index is 0.198. The number of rotatable bonds is 6. The number of hydrogen-bond donors (Lipinski definition) is 1. The van der Waals surface area contributed by atoms with E-state index in [9.17, 15) is 4.79 Å². The lowest BCUT2D eigenvalue weighted by Crippen LogP contribution is -2.21. The molecular formula is C16H22N2O2. The number of carbonyl (C=O) groups is 1. The standard InChI is InChI=1S/C16H22N2O2/c1-4-20-16(19)11-18-10-13(9-17-12(2)3)14-7-5-6-8-15(14)18/h5-8,10,12,17H,4,9,11H2,1-3H3. The van der Waals surface area contributed by atoms with E-state index in [1.165, 1.54) is 10.9 Å². The first-order valence-corrected chi connectivity index (χ1v) is 7.07. The van der Waals surface area contributed by atoms with Crippen LogP contribution in [0.3, 0.4) is 0 Å². The normalized spacial score (nSPS) is 11.2. The molecule has 0 radical (unpaired) electrons. The van der Waals surface area contributed by atoms with Crippen molar-refractivity contribution in [2.24, 2.45) is 0 Å². The molecule has 4 nitrogen and oxygen atoms in total. The zero-order valence-electron chi connectivity index (χ0n) is 12.3. The molecular weight excluding hydrogens is 252 g/mol. The first-order valence-electron chi connectivity index (χ1n) is 7.07. The lowest BCUT2D eigenvalue weighted by Gasteiger charge is -2.06. The van der Waals surface area contributed by atoms with Gasteiger partial charge in [0.1, 0.15) is 6.54 Å². The van der Waals surface area contributed by atoms with E-state index in [4.69, 9.17) is 4.74 Å². The van der Waals surface area contributed by atoms with Gasteiger partial charge in [0.2, 0.25) is 0 Å². The number of nitrogens with one attached hydrogen (secondary N) is 1. The highest BCUT2D eigenvalue weighted by Crippen LogP contribution is 2.21. The maximum Gasteiger partial charge on any atom is 0.325 e. The fraction of sp³-hybridized carbons (Fsp3) is 0.438. The van der Waals surface area contributed by atoms with Gasteiger partial charge in [-0.3, -0.25) is 4.79 Å². The molecule has 0 aliphatic rings. The zero-order chi connectivity index (χ0) is 14.5. The lowest BCUT2D eigenvalue weighted by atomic mass is 10.2. The third-order valence-electron chi connectivity index (χ3n) is 3.18. The Labute approximate surface area is 119 Å². The van der Waals surface area contributed by atoms with Crippen molar-refractivity contribution in [2.45, 2.75) is 39.9 Å². The number of para-hydroxylation sites is 1. The summed E-state index contributed by atoms with van der Waals surface area (Å²) in [5, 5.41) is 4.60. The number of fused-ring (bicyclic) bond motifs is 1. The fourth-order valence-corrected chi connectivity index (χ4v) is 2.25. The van der Waals surface area contributed by atoms with Gasteiger partial charge in [-0.05, 0) is 18.6 Å². The second kappa shape index (κ2) is 6.57. The maximum absolute atomic E-state index is 11.7. The van der Waals surface area contributed by atoms with Gasteiger partial charge in [-0.2, -0.15) is 0 Å². The van der Waals surface area contributed by atoms with E-state index < -0.39 is 0 Å². The molecule has 4 heteroatoms. The number of aromatic nitrogens is 1. The van der Waals surface area contributed by atoms with Crippen LogP contribution in [0.25, 0.3) is 10.9 Å². The summed E-state index contributed by atoms with van der Waals surface area (Å²) in [6.07, 6.45) is 2.04. The Balaban J connectivity index is 2.28. The number of carbonyl (C=O) groups excluding carboxylic acids is 1. The van der Waals surface area contributed by atoms with Crippen molar-refractivity contribution in [3.63, 3.8) is 0 Å². The Morgan fingerprint density at radius 3 is 2.80 bits per heavy atom. The molecule has 0 saturated carbocycles. The molecule has 0 saturated heterocycles. The first kappa shape index (κ1) is 14.6. The van der Waals surface area contributed by atoms with Gasteiger partial charge < -0.3 is 14.6 Å². The molecule has 0 aliphatic heterocycles. The van der Waals surface area contributed by atoms with Crippen molar-refractivity contribution in [2.75, 3.05) is 6.61 Å². The number of benzene rings is 1. The fourth-order valence-electron chi connectivity index (χ4n) is 2.25. The Kier molecular flexibility index (Phi) is 4.79. The van der Waals surface area contributed by atoms with Crippen molar-refractivity contribution in [3.8, 4) is 0 Å². The second-order valence-corrected chi connectivity index (χ2v) is 5.14. The monoisotopic (exact) mass is 274 g/mol.